The largest absolute Gasteiger partial charge is 0.393 e. The van der Waals surface area contributed by atoms with Crippen LogP contribution in [0.4, 0.5) is 11.8 Å². The molecule has 3 rings (SSSR count). The van der Waals surface area contributed by atoms with Gasteiger partial charge in [-0.2, -0.15) is 4.98 Å². The lowest BCUT2D eigenvalue weighted by atomic mass is 10.00. The smallest absolute Gasteiger partial charge is 0.224 e. The van der Waals surface area contributed by atoms with Crippen molar-refractivity contribution in [2.45, 2.75) is 25.9 Å². The van der Waals surface area contributed by atoms with E-state index in [0.717, 1.165) is 37.3 Å². The van der Waals surface area contributed by atoms with Crippen molar-refractivity contribution in [1.29, 1.82) is 0 Å². The Labute approximate surface area is 107 Å². The van der Waals surface area contributed by atoms with E-state index >= 15 is 0 Å². The first-order valence-electron chi connectivity index (χ1n) is 6.63. The predicted octanol–water partition coefficient (Wildman–Crippen LogP) is 1.03. The van der Waals surface area contributed by atoms with Crippen LogP contribution in [0.3, 0.4) is 0 Å². The van der Waals surface area contributed by atoms with Crippen LogP contribution >= 0.6 is 0 Å². The van der Waals surface area contributed by atoms with E-state index in [1.807, 2.05) is 20.2 Å². The maximum Gasteiger partial charge on any atom is 0.224 e. The molecule has 1 aromatic rings. The summed E-state index contributed by atoms with van der Waals surface area (Å²) in [6, 6.07) is 0. The Hall–Kier alpha value is -1.36. The van der Waals surface area contributed by atoms with Crippen LogP contribution < -0.4 is 10.2 Å². The van der Waals surface area contributed by atoms with Crippen LogP contribution in [0, 0.1) is 18.8 Å². The second-order valence-electron chi connectivity index (χ2n) is 5.42. The van der Waals surface area contributed by atoms with Gasteiger partial charge in [0.05, 0.1) is 6.10 Å². The third kappa shape index (κ3) is 1.82. The van der Waals surface area contributed by atoms with Crippen molar-refractivity contribution in [3.8, 4) is 0 Å². The fourth-order valence-electron chi connectivity index (χ4n) is 3.28. The Kier molecular flexibility index (Phi) is 2.86. The minimum Gasteiger partial charge on any atom is -0.393 e. The maximum atomic E-state index is 9.96. The monoisotopic (exact) mass is 248 g/mol. The van der Waals surface area contributed by atoms with Crippen LogP contribution in [0.5, 0.6) is 0 Å². The van der Waals surface area contributed by atoms with Crippen LogP contribution in [0.2, 0.25) is 0 Å². The summed E-state index contributed by atoms with van der Waals surface area (Å²) in [5.74, 6) is 2.73. The topological polar surface area (TPSA) is 61.3 Å². The molecule has 1 aliphatic heterocycles. The molecular weight excluding hydrogens is 228 g/mol. The molecule has 2 heterocycles. The van der Waals surface area contributed by atoms with E-state index in [-0.39, 0.29) is 6.10 Å². The highest BCUT2D eigenvalue weighted by molar-refractivity contribution is 5.50. The second kappa shape index (κ2) is 4.39. The van der Waals surface area contributed by atoms with E-state index in [0.29, 0.717) is 17.8 Å². The molecule has 2 N–H and O–H groups in total. The molecule has 5 nitrogen and oxygen atoms in total. The molecule has 18 heavy (non-hydrogen) atoms. The Bertz CT molecular complexity index is 451. The number of hydrogen-bond acceptors (Lipinski definition) is 5. The lowest BCUT2D eigenvalue weighted by Crippen LogP contribution is -2.26. The quantitative estimate of drug-likeness (QED) is 0.818. The first-order chi connectivity index (χ1) is 8.69. The highest BCUT2D eigenvalue weighted by atomic mass is 16.3. The summed E-state index contributed by atoms with van der Waals surface area (Å²) in [7, 11) is 1.83. The number of aromatic nitrogens is 2. The highest BCUT2D eigenvalue weighted by Crippen LogP contribution is 2.40. The first kappa shape index (κ1) is 11.7. The fraction of sp³-hybridized carbons (Fsp3) is 0.692. The number of nitrogens with zero attached hydrogens (tertiary/aromatic N) is 3. The highest BCUT2D eigenvalue weighted by Gasteiger charge is 2.42. The fourth-order valence-corrected chi connectivity index (χ4v) is 3.28. The molecule has 5 heteroatoms. The summed E-state index contributed by atoms with van der Waals surface area (Å²) >= 11 is 0. The molecule has 2 fully saturated rings. The van der Waals surface area contributed by atoms with Crippen molar-refractivity contribution in [2.75, 3.05) is 30.4 Å². The number of rotatable bonds is 2. The van der Waals surface area contributed by atoms with Gasteiger partial charge in [0.1, 0.15) is 5.82 Å². The van der Waals surface area contributed by atoms with E-state index in [1.54, 1.807) is 0 Å². The summed E-state index contributed by atoms with van der Waals surface area (Å²) in [5.41, 5.74) is 1.10. The van der Waals surface area contributed by atoms with Crippen molar-refractivity contribution in [2.24, 2.45) is 11.8 Å². The van der Waals surface area contributed by atoms with Crippen LogP contribution in [0.1, 0.15) is 18.4 Å². The van der Waals surface area contributed by atoms with Crippen molar-refractivity contribution < 1.29 is 5.11 Å². The van der Waals surface area contributed by atoms with E-state index in [2.05, 4.69) is 20.2 Å². The van der Waals surface area contributed by atoms with E-state index in [9.17, 15) is 5.11 Å². The third-order valence-electron chi connectivity index (χ3n) is 4.29. The number of hydrogen-bond donors (Lipinski definition) is 2. The van der Waals surface area contributed by atoms with Crippen molar-refractivity contribution in [3.63, 3.8) is 0 Å². The Morgan fingerprint density at radius 3 is 2.94 bits per heavy atom. The average molecular weight is 248 g/mol. The molecule has 2 aliphatic rings. The van der Waals surface area contributed by atoms with Gasteiger partial charge in [0.15, 0.2) is 0 Å². The van der Waals surface area contributed by atoms with Gasteiger partial charge in [-0.15, -0.1) is 0 Å². The summed E-state index contributed by atoms with van der Waals surface area (Å²) in [6.45, 7) is 3.98. The minimum atomic E-state index is -0.120. The van der Waals surface area contributed by atoms with Gasteiger partial charge in [-0.05, 0) is 25.7 Å². The molecule has 1 aliphatic carbocycles. The summed E-state index contributed by atoms with van der Waals surface area (Å²) < 4.78 is 0. The van der Waals surface area contributed by atoms with E-state index in [1.165, 1.54) is 0 Å². The van der Waals surface area contributed by atoms with E-state index < -0.39 is 0 Å². The molecule has 0 radical (unpaired) electrons. The van der Waals surface area contributed by atoms with Gasteiger partial charge in [-0.1, -0.05) is 0 Å². The first-order valence-corrected chi connectivity index (χ1v) is 6.63. The van der Waals surface area contributed by atoms with Crippen molar-refractivity contribution in [1.82, 2.24) is 9.97 Å². The Morgan fingerprint density at radius 1 is 1.39 bits per heavy atom. The molecule has 1 aromatic heterocycles. The molecule has 0 bridgehead atoms. The van der Waals surface area contributed by atoms with Gasteiger partial charge in [-0.25, -0.2) is 4.98 Å². The number of nitrogens with one attached hydrogen (secondary N) is 1. The van der Waals surface area contributed by atoms with Crippen molar-refractivity contribution >= 4 is 11.8 Å². The van der Waals surface area contributed by atoms with Gasteiger partial charge < -0.3 is 15.3 Å². The summed E-state index contributed by atoms with van der Waals surface area (Å²) in [5, 5.41) is 12.9. The molecule has 0 amide bonds. The normalized spacial score (nSPS) is 30.6. The third-order valence-corrected chi connectivity index (χ3v) is 4.29. The van der Waals surface area contributed by atoms with Crippen LogP contribution in [0.25, 0.3) is 0 Å². The van der Waals surface area contributed by atoms with Gasteiger partial charge in [-0.3, -0.25) is 0 Å². The van der Waals surface area contributed by atoms with Crippen LogP contribution in [-0.4, -0.2) is 41.3 Å². The molecule has 3 atom stereocenters. The molecule has 3 unspecified atom stereocenters. The Morgan fingerprint density at radius 2 is 2.22 bits per heavy atom. The molecule has 0 spiro atoms. The van der Waals surface area contributed by atoms with Gasteiger partial charge >= 0.3 is 0 Å². The van der Waals surface area contributed by atoms with Crippen molar-refractivity contribution in [3.05, 3.63) is 11.8 Å². The van der Waals surface area contributed by atoms with Gasteiger partial charge in [0.25, 0.3) is 0 Å². The lowest BCUT2D eigenvalue weighted by molar-refractivity contribution is 0.133. The Balaban J connectivity index is 1.84. The molecule has 98 valence electrons. The van der Waals surface area contributed by atoms with Crippen LogP contribution in [-0.2, 0) is 0 Å². The zero-order valence-corrected chi connectivity index (χ0v) is 10.9. The van der Waals surface area contributed by atoms with Gasteiger partial charge in [0, 0.05) is 37.8 Å². The second-order valence-corrected chi connectivity index (χ2v) is 5.42. The summed E-state index contributed by atoms with van der Waals surface area (Å²) in [4.78, 5) is 11.1. The average Bonchev–Trinajstić information content (AvgIpc) is 2.93. The maximum absolute atomic E-state index is 9.96. The summed E-state index contributed by atoms with van der Waals surface area (Å²) in [6.07, 6.45) is 3.85. The lowest BCUT2D eigenvalue weighted by Gasteiger charge is -2.21. The molecular formula is C13H20N4O. The van der Waals surface area contributed by atoms with E-state index in [4.69, 9.17) is 0 Å². The molecule has 1 saturated carbocycles. The number of aliphatic hydroxyl groups excluding tert-OH is 1. The number of aliphatic hydroxyl groups is 1. The van der Waals surface area contributed by atoms with Gasteiger partial charge in [0.2, 0.25) is 5.95 Å². The SMILES string of the molecule is CNc1ncc(C)c(N2CC3CCC(O)C3C2)n1. The number of fused-ring (bicyclic) bond motifs is 1. The zero-order chi connectivity index (χ0) is 12.7. The standard InChI is InChI=1S/C13H20N4O/c1-8-5-15-13(14-2)16-12(8)17-6-9-3-4-11(18)10(9)7-17/h5,9-11,18H,3-4,6-7H2,1-2H3,(H,14,15,16). The number of anilines is 2. The number of aryl methyl sites for hydroxylation is 1. The van der Waals surface area contributed by atoms with Crippen LogP contribution in [0.15, 0.2) is 6.20 Å². The molecule has 0 aromatic carbocycles. The minimum absolute atomic E-state index is 0.120. The zero-order valence-electron chi connectivity index (χ0n) is 10.9. The predicted molar refractivity (Wildman–Crippen MR) is 70.7 cm³/mol. The molecule has 1 saturated heterocycles.